The highest BCUT2D eigenvalue weighted by molar-refractivity contribution is 4.84. The molecule has 1 aromatic heterocycles. The van der Waals surface area contributed by atoms with E-state index >= 15 is 0 Å². The molecule has 1 aliphatic heterocycles. The molecule has 0 aliphatic carbocycles. The predicted octanol–water partition coefficient (Wildman–Crippen LogP) is -0.0404. The average molecular weight is 227 g/mol. The zero-order valence-electron chi connectivity index (χ0n) is 9.59. The molecule has 2 heterocycles. The number of aliphatic hydroxyl groups is 1. The lowest BCUT2D eigenvalue weighted by atomic mass is 10.2. The van der Waals surface area contributed by atoms with E-state index in [1.54, 1.807) is 6.92 Å². The molecule has 0 radical (unpaired) electrons. The maximum atomic E-state index is 9.06. The molecule has 90 valence electrons. The van der Waals surface area contributed by atoms with Crippen molar-refractivity contribution in [1.29, 1.82) is 0 Å². The summed E-state index contributed by atoms with van der Waals surface area (Å²) < 4.78 is 10.8. The summed E-state index contributed by atoms with van der Waals surface area (Å²) in [5.74, 6) is 1.19. The minimum absolute atomic E-state index is 0.0477. The van der Waals surface area contributed by atoms with Gasteiger partial charge in [0.1, 0.15) is 0 Å². The van der Waals surface area contributed by atoms with E-state index in [1.165, 1.54) is 0 Å². The highest BCUT2D eigenvalue weighted by Crippen LogP contribution is 2.14. The summed E-state index contributed by atoms with van der Waals surface area (Å²) in [6, 6.07) is 0.301. The van der Waals surface area contributed by atoms with Gasteiger partial charge in [-0.3, -0.25) is 4.90 Å². The fourth-order valence-corrected chi connectivity index (χ4v) is 1.78. The topological polar surface area (TPSA) is 71.6 Å². The standard InChI is InChI=1S/C10H17N3O3/c1-7-6-15-9(5-14)3-13(7)4-10-12-11-8(2)16-10/h7,9,14H,3-6H2,1-2H3. The second kappa shape index (κ2) is 4.90. The maximum absolute atomic E-state index is 9.06. The van der Waals surface area contributed by atoms with Gasteiger partial charge in [0.15, 0.2) is 0 Å². The van der Waals surface area contributed by atoms with Crippen LogP contribution in [0.15, 0.2) is 4.42 Å². The van der Waals surface area contributed by atoms with Crippen molar-refractivity contribution in [3.8, 4) is 0 Å². The van der Waals surface area contributed by atoms with Crippen LogP contribution in [0.25, 0.3) is 0 Å². The molecule has 6 nitrogen and oxygen atoms in total. The third kappa shape index (κ3) is 2.58. The molecule has 0 spiro atoms. The number of hydrogen-bond donors (Lipinski definition) is 1. The third-order valence-electron chi connectivity index (χ3n) is 2.74. The Kier molecular flexibility index (Phi) is 3.52. The summed E-state index contributed by atoms with van der Waals surface area (Å²) in [5.41, 5.74) is 0. The van der Waals surface area contributed by atoms with Crippen LogP contribution in [0, 0.1) is 6.92 Å². The molecule has 1 N–H and O–H groups in total. The van der Waals surface area contributed by atoms with E-state index in [0.29, 0.717) is 37.5 Å². The number of nitrogens with zero attached hydrogens (tertiary/aromatic N) is 3. The van der Waals surface area contributed by atoms with Gasteiger partial charge in [0, 0.05) is 19.5 Å². The lowest BCUT2D eigenvalue weighted by molar-refractivity contribution is -0.0824. The normalized spacial score (nSPS) is 27.2. The van der Waals surface area contributed by atoms with Crippen LogP contribution in [0.5, 0.6) is 0 Å². The molecule has 1 aromatic rings. The molecular weight excluding hydrogens is 210 g/mol. The van der Waals surface area contributed by atoms with E-state index in [2.05, 4.69) is 22.0 Å². The molecule has 1 fully saturated rings. The molecule has 0 amide bonds. The summed E-state index contributed by atoms with van der Waals surface area (Å²) in [6.45, 7) is 5.83. The fourth-order valence-electron chi connectivity index (χ4n) is 1.78. The van der Waals surface area contributed by atoms with E-state index in [0.717, 1.165) is 0 Å². The zero-order chi connectivity index (χ0) is 11.5. The van der Waals surface area contributed by atoms with E-state index in [1.807, 2.05) is 0 Å². The van der Waals surface area contributed by atoms with Crippen molar-refractivity contribution in [1.82, 2.24) is 15.1 Å². The summed E-state index contributed by atoms with van der Waals surface area (Å²) >= 11 is 0. The van der Waals surface area contributed by atoms with Crippen molar-refractivity contribution < 1.29 is 14.3 Å². The molecule has 2 rings (SSSR count). The van der Waals surface area contributed by atoms with Crippen LogP contribution < -0.4 is 0 Å². The Labute approximate surface area is 94.2 Å². The number of aliphatic hydroxyl groups excluding tert-OH is 1. The smallest absolute Gasteiger partial charge is 0.230 e. The number of aromatic nitrogens is 2. The van der Waals surface area contributed by atoms with Crippen molar-refractivity contribution in [2.24, 2.45) is 0 Å². The summed E-state index contributed by atoms with van der Waals surface area (Å²) in [5, 5.41) is 16.8. The quantitative estimate of drug-likeness (QED) is 0.781. The highest BCUT2D eigenvalue weighted by Gasteiger charge is 2.26. The van der Waals surface area contributed by atoms with Crippen molar-refractivity contribution in [3.63, 3.8) is 0 Å². The third-order valence-corrected chi connectivity index (χ3v) is 2.74. The SMILES string of the molecule is Cc1nnc(CN2CC(CO)OCC2C)o1. The van der Waals surface area contributed by atoms with E-state index in [-0.39, 0.29) is 12.7 Å². The summed E-state index contributed by atoms with van der Waals surface area (Å²) in [6.07, 6.45) is -0.111. The minimum atomic E-state index is -0.111. The molecular formula is C10H17N3O3. The van der Waals surface area contributed by atoms with Gasteiger partial charge in [0.05, 0.1) is 25.9 Å². The van der Waals surface area contributed by atoms with Crippen LogP contribution in [-0.4, -0.2) is 52.1 Å². The van der Waals surface area contributed by atoms with Gasteiger partial charge in [-0.15, -0.1) is 10.2 Å². The molecule has 6 heteroatoms. The zero-order valence-corrected chi connectivity index (χ0v) is 9.59. The monoisotopic (exact) mass is 227 g/mol. The highest BCUT2D eigenvalue weighted by atomic mass is 16.5. The molecule has 0 saturated carbocycles. The predicted molar refractivity (Wildman–Crippen MR) is 55.7 cm³/mol. The first-order chi connectivity index (χ1) is 7.69. The number of rotatable bonds is 3. The van der Waals surface area contributed by atoms with Crippen LogP contribution in [0.4, 0.5) is 0 Å². The van der Waals surface area contributed by atoms with Crippen molar-refractivity contribution in [3.05, 3.63) is 11.8 Å². The van der Waals surface area contributed by atoms with Crippen LogP contribution in [-0.2, 0) is 11.3 Å². The molecule has 1 saturated heterocycles. The Bertz CT molecular complexity index is 342. The Hall–Kier alpha value is -0.980. The molecule has 16 heavy (non-hydrogen) atoms. The molecule has 2 unspecified atom stereocenters. The second-order valence-corrected chi connectivity index (χ2v) is 4.13. The van der Waals surface area contributed by atoms with Gasteiger partial charge in [-0.25, -0.2) is 0 Å². The summed E-state index contributed by atoms with van der Waals surface area (Å²) in [4.78, 5) is 2.18. The Morgan fingerprint density at radius 1 is 1.50 bits per heavy atom. The van der Waals surface area contributed by atoms with Gasteiger partial charge in [0.2, 0.25) is 11.8 Å². The van der Waals surface area contributed by atoms with Crippen molar-refractivity contribution >= 4 is 0 Å². The Balaban J connectivity index is 1.96. The van der Waals surface area contributed by atoms with Crippen LogP contribution in [0.3, 0.4) is 0 Å². The van der Waals surface area contributed by atoms with Gasteiger partial charge in [-0.1, -0.05) is 0 Å². The van der Waals surface area contributed by atoms with Crippen LogP contribution in [0.1, 0.15) is 18.7 Å². The molecule has 0 bridgehead atoms. The maximum Gasteiger partial charge on any atom is 0.230 e. The number of morpholine rings is 1. The number of aryl methyl sites for hydroxylation is 1. The fraction of sp³-hybridized carbons (Fsp3) is 0.800. The van der Waals surface area contributed by atoms with E-state index in [4.69, 9.17) is 14.3 Å². The van der Waals surface area contributed by atoms with Crippen molar-refractivity contribution in [2.75, 3.05) is 19.8 Å². The second-order valence-electron chi connectivity index (χ2n) is 4.13. The van der Waals surface area contributed by atoms with Crippen LogP contribution in [0.2, 0.25) is 0 Å². The first kappa shape index (κ1) is 11.5. The van der Waals surface area contributed by atoms with Gasteiger partial charge in [-0.05, 0) is 6.92 Å². The van der Waals surface area contributed by atoms with Crippen molar-refractivity contribution in [2.45, 2.75) is 32.5 Å². The van der Waals surface area contributed by atoms with Gasteiger partial charge < -0.3 is 14.3 Å². The first-order valence-electron chi connectivity index (χ1n) is 5.44. The molecule has 2 atom stereocenters. The van der Waals surface area contributed by atoms with Gasteiger partial charge in [-0.2, -0.15) is 0 Å². The largest absolute Gasteiger partial charge is 0.424 e. The van der Waals surface area contributed by atoms with Gasteiger partial charge >= 0.3 is 0 Å². The van der Waals surface area contributed by atoms with E-state index in [9.17, 15) is 0 Å². The Morgan fingerprint density at radius 2 is 2.31 bits per heavy atom. The Morgan fingerprint density at radius 3 is 2.94 bits per heavy atom. The van der Waals surface area contributed by atoms with E-state index < -0.39 is 0 Å². The van der Waals surface area contributed by atoms with Gasteiger partial charge in [0.25, 0.3) is 0 Å². The minimum Gasteiger partial charge on any atom is -0.424 e. The summed E-state index contributed by atoms with van der Waals surface area (Å²) in [7, 11) is 0. The lowest BCUT2D eigenvalue weighted by Crippen LogP contribution is -2.48. The first-order valence-corrected chi connectivity index (χ1v) is 5.44. The molecule has 1 aliphatic rings. The number of ether oxygens (including phenoxy) is 1. The number of hydrogen-bond acceptors (Lipinski definition) is 6. The van der Waals surface area contributed by atoms with Crippen LogP contribution >= 0.6 is 0 Å². The average Bonchev–Trinajstić information content (AvgIpc) is 2.67. The molecule has 0 aromatic carbocycles. The lowest BCUT2D eigenvalue weighted by Gasteiger charge is -2.36.